The SMILES string of the molecule is Brc1ccc2c3c(n(-c4ccccc4)c2c1)NNC=C3. The molecule has 2 heterocycles. The van der Waals surface area contributed by atoms with Gasteiger partial charge in [0, 0.05) is 27.3 Å². The maximum Gasteiger partial charge on any atom is 0.137 e. The van der Waals surface area contributed by atoms with Gasteiger partial charge < -0.3 is 5.43 Å². The van der Waals surface area contributed by atoms with Crippen molar-refractivity contribution < 1.29 is 0 Å². The third-order valence-electron chi connectivity index (χ3n) is 3.51. The van der Waals surface area contributed by atoms with Gasteiger partial charge in [-0.3, -0.25) is 9.99 Å². The monoisotopic (exact) mass is 325 g/mol. The van der Waals surface area contributed by atoms with Crippen LogP contribution < -0.4 is 10.9 Å². The van der Waals surface area contributed by atoms with Crippen LogP contribution in [0.2, 0.25) is 0 Å². The minimum absolute atomic E-state index is 1.06. The number of halogens is 1. The van der Waals surface area contributed by atoms with Crippen molar-refractivity contribution in [3.63, 3.8) is 0 Å². The molecule has 0 aliphatic carbocycles. The summed E-state index contributed by atoms with van der Waals surface area (Å²) in [6, 6.07) is 16.7. The molecule has 3 nitrogen and oxygen atoms in total. The van der Waals surface area contributed by atoms with Crippen molar-refractivity contribution in [1.29, 1.82) is 0 Å². The van der Waals surface area contributed by atoms with Gasteiger partial charge in [-0.25, -0.2) is 0 Å². The minimum atomic E-state index is 1.06. The lowest BCUT2D eigenvalue weighted by Crippen LogP contribution is -2.20. The highest BCUT2D eigenvalue weighted by Crippen LogP contribution is 2.36. The Kier molecular flexibility index (Phi) is 2.57. The van der Waals surface area contributed by atoms with Crippen LogP contribution in [0.15, 0.2) is 59.2 Å². The number of aromatic nitrogens is 1. The third kappa shape index (κ3) is 1.65. The molecule has 20 heavy (non-hydrogen) atoms. The van der Waals surface area contributed by atoms with E-state index in [0.717, 1.165) is 16.0 Å². The highest BCUT2D eigenvalue weighted by atomic mass is 79.9. The third-order valence-corrected chi connectivity index (χ3v) is 4.00. The molecule has 0 fully saturated rings. The zero-order chi connectivity index (χ0) is 13.5. The van der Waals surface area contributed by atoms with Gasteiger partial charge in [-0.2, -0.15) is 0 Å². The van der Waals surface area contributed by atoms with E-state index in [-0.39, 0.29) is 0 Å². The fourth-order valence-electron chi connectivity index (χ4n) is 2.66. The van der Waals surface area contributed by atoms with E-state index in [1.807, 2.05) is 12.3 Å². The van der Waals surface area contributed by atoms with Crippen molar-refractivity contribution in [3.05, 3.63) is 64.8 Å². The molecule has 98 valence electrons. The number of hydrogen-bond acceptors (Lipinski definition) is 2. The van der Waals surface area contributed by atoms with Crippen LogP contribution in [0.5, 0.6) is 0 Å². The lowest BCUT2D eigenvalue weighted by atomic mass is 10.1. The van der Waals surface area contributed by atoms with Gasteiger partial charge in [0.1, 0.15) is 5.82 Å². The second-order valence-electron chi connectivity index (χ2n) is 4.70. The Morgan fingerprint density at radius 1 is 1.00 bits per heavy atom. The molecule has 3 aromatic rings. The van der Waals surface area contributed by atoms with Crippen LogP contribution in [0.3, 0.4) is 0 Å². The van der Waals surface area contributed by atoms with Gasteiger partial charge in [-0.05, 0) is 30.3 Å². The molecule has 2 N–H and O–H groups in total. The number of fused-ring (bicyclic) bond motifs is 3. The van der Waals surface area contributed by atoms with E-state index in [4.69, 9.17) is 0 Å². The second kappa shape index (κ2) is 4.42. The van der Waals surface area contributed by atoms with Gasteiger partial charge in [0.2, 0.25) is 0 Å². The lowest BCUT2D eigenvalue weighted by Gasteiger charge is -2.15. The normalized spacial score (nSPS) is 12.8. The van der Waals surface area contributed by atoms with Crippen LogP contribution in [-0.4, -0.2) is 4.57 Å². The van der Waals surface area contributed by atoms with Crippen LogP contribution in [0.25, 0.3) is 22.7 Å². The molecular formula is C16H12BrN3. The number of anilines is 1. The van der Waals surface area contributed by atoms with E-state index in [0.29, 0.717) is 0 Å². The first kappa shape index (κ1) is 11.6. The van der Waals surface area contributed by atoms with E-state index in [1.54, 1.807) is 0 Å². The summed E-state index contributed by atoms with van der Waals surface area (Å²) in [5.74, 6) is 1.06. The smallest absolute Gasteiger partial charge is 0.137 e. The summed E-state index contributed by atoms with van der Waals surface area (Å²) in [6.07, 6.45) is 4.01. The Labute approximate surface area is 125 Å². The summed E-state index contributed by atoms with van der Waals surface area (Å²) in [4.78, 5) is 0. The number of hydrogen-bond donors (Lipinski definition) is 2. The maximum atomic E-state index is 3.57. The standard InChI is InChI=1S/C16H12BrN3/c17-11-6-7-13-14-8-9-18-19-16(14)20(15(13)10-11)12-4-2-1-3-5-12/h1-10,18-19H. The fourth-order valence-corrected chi connectivity index (χ4v) is 3.01. The van der Waals surface area contributed by atoms with E-state index < -0.39 is 0 Å². The molecule has 2 aromatic carbocycles. The first-order valence-electron chi connectivity index (χ1n) is 6.42. The average molecular weight is 326 g/mol. The van der Waals surface area contributed by atoms with Gasteiger partial charge in [0.05, 0.1) is 5.52 Å². The summed E-state index contributed by atoms with van der Waals surface area (Å²) < 4.78 is 3.31. The van der Waals surface area contributed by atoms with E-state index >= 15 is 0 Å². The number of para-hydroxylation sites is 1. The Hall–Kier alpha value is -2.20. The molecule has 0 unspecified atom stereocenters. The molecule has 0 bridgehead atoms. The van der Waals surface area contributed by atoms with E-state index in [9.17, 15) is 0 Å². The van der Waals surface area contributed by atoms with Crippen molar-refractivity contribution >= 4 is 38.7 Å². The minimum Gasteiger partial charge on any atom is -0.307 e. The molecule has 4 rings (SSSR count). The summed E-state index contributed by atoms with van der Waals surface area (Å²) in [5.41, 5.74) is 9.83. The number of nitrogens with zero attached hydrogens (tertiary/aromatic N) is 1. The van der Waals surface area contributed by atoms with Gasteiger partial charge in [-0.15, -0.1) is 0 Å². The predicted octanol–water partition coefficient (Wildman–Crippen LogP) is 4.29. The van der Waals surface area contributed by atoms with E-state index in [1.165, 1.54) is 16.5 Å². The molecule has 0 amide bonds. The number of hydrazine groups is 1. The molecule has 0 saturated carbocycles. The first-order valence-corrected chi connectivity index (χ1v) is 7.21. The highest BCUT2D eigenvalue weighted by Gasteiger charge is 2.18. The van der Waals surface area contributed by atoms with Crippen molar-refractivity contribution in [2.75, 3.05) is 5.43 Å². The Morgan fingerprint density at radius 2 is 1.85 bits per heavy atom. The number of nitrogens with one attached hydrogen (secondary N) is 2. The molecule has 1 aliphatic heterocycles. The largest absolute Gasteiger partial charge is 0.307 e. The summed E-state index contributed by atoms with van der Waals surface area (Å²) in [5, 5.41) is 1.23. The molecular weight excluding hydrogens is 314 g/mol. The van der Waals surface area contributed by atoms with Crippen LogP contribution >= 0.6 is 15.9 Å². The Balaban J connectivity index is 2.13. The topological polar surface area (TPSA) is 29.0 Å². The fraction of sp³-hybridized carbons (Fsp3) is 0. The maximum absolute atomic E-state index is 3.57. The van der Waals surface area contributed by atoms with Crippen LogP contribution in [-0.2, 0) is 0 Å². The number of benzene rings is 2. The highest BCUT2D eigenvalue weighted by molar-refractivity contribution is 9.10. The summed E-state index contributed by atoms with van der Waals surface area (Å²) in [7, 11) is 0. The van der Waals surface area contributed by atoms with Gasteiger partial charge >= 0.3 is 0 Å². The van der Waals surface area contributed by atoms with Crippen molar-refractivity contribution in [2.24, 2.45) is 0 Å². The van der Waals surface area contributed by atoms with Crippen LogP contribution in [0.4, 0.5) is 5.82 Å². The van der Waals surface area contributed by atoms with Gasteiger partial charge in [0.25, 0.3) is 0 Å². The Bertz CT molecular complexity index is 819. The molecule has 4 heteroatoms. The zero-order valence-corrected chi connectivity index (χ0v) is 12.2. The summed E-state index contributed by atoms with van der Waals surface area (Å²) >= 11 is 3.57. The molecule has 0 radical (unpaired) electrons. The van der Waals surface area contributed by atoms with Crippen LogP contribution in [0, 0.1) is 0 Å². The lowest BCUT2D eigenvalue weighted by molar-refractivity contribution is 0.988. The first-order chi connectivity index (χ1) is 9.84. The predicted molar refractivity (Wildman–Crippen MR) is 86.8 cm³/mol. The number of rotatable bonds is 1. The average Bonchev–Trinajstić information content (AvgIpc) is 2.81. The van der Waals surface area contributed by atoms with Crippen molar-refractivity contribution in [3.8, 4) is 5.69 Å². The van der Waals surface area contributed by atoms with E-state index in [2.05, 4.69) is 79.9 Å². The molecule has 0 saturated heterocycles. The zero-order valence-electron chi connectivity index (χ0n) is 10.6. The van der Waals surface area contributed by atoms with Crippen molar-refractivity contribution in [1.82, 2.24) is 9.99 Å². The molecule has 0 spiro atoms. The van der Waals surface area contributed by atoms with Crippen molar-refractivity contribution in [2.45, 2.75) is 0 Å². The quantitative estimate of drug-likeness (QED) is 0.698. The molecule has 0 atom stereocenters. The van der Waals surface area contributed by atoms with Crippen LogP contribution in [0.1, 0.15) is 5.56 Å². The summed E-state index contributed by atoms with van der Waals surface area (Å²) in [6.45, 7) is 0. The van der Waals surface area contributed by atoms with Gasteiger partial charge in [-0.1, -0.05) is 40.2 Å². The molecule has 1 aromatic heterocycles. The second-order valence-corrected chi connectivity index (χ2v) is 5.61. The molecule has 1 aliphatic rings. The Morgan fingerprint density at radius 3 is 2.70 bits per heavy atom. The van der Waals surface area contributed by atoms with Gasteiger partial charge in [0.15, 0.2) is 0 Å².